The molecule has 1 atom stereocenters. The van der Waals surface area contributed by atoms with Gasteiger partial charge < -0.3 is 29.5 Å². The van der Waals surface area contributed by atoms with Gasteiger partial charge in [0, 0.05) is 45.3 Å². The number of carbonyl (C=O) groups excluding carboxylic acids is 1. The molecule has 0 radical (unpaired) electrons. The van der Waals surface area contributed by atoms with Crippen molar-refractivity contribution in [3.8, 4) is 11.6 Å². The van der Waals surface area contributed by atoms with Crippen LogP contribution in [0.5, 0.6) is 0 Å². The maximum Gasteiger partial charge on any atom is 0.254 e. The second-order valence-electron chi connectivity index (χ2n) is 9.87. The molecule has 42 heavy (non-hydrogen) atoms. The Morgan fingerprint density at radius 2 is 1.95 bits per heavy atom. The molecule has 0 saturated carbocycles. The van der Waals surface area contributed by atoms with Gasteiger partial charge >= 0.3 is 0 Å². The fourth-order valence-corrected chi connectivity index (χ4v) is 5.31. The third kappa shape index (κ3) is 5.47. The molecule has 1 aliphatic heterocycles. The van der Waals surface area contributed by atoms with Gasteiger partial charge in [0.15, 0.2) is 22.6 Å². The number of amides is 1. The normalized spacial score (nSPS) is 15.1. The van der Waals surface area contributed by atoms with E-state index < -0.39 is 28.7 Å². The maximum atomic E-state index is 14.7. The third-order valence-corrected chi connectivity index (χ3v) is 7.91. The van der Waals surface area contributed by atoms with E-state index in [1.165, 1.54) is 16.8 Å². The Balaban J connectivity index is 1.10. The van der Waals surface area contributed by atoms with Crippen molar-refractivity contribution in [2.45, 2.75) is 6.54 Å². The number of hydrogen-bond acceptors (Lipinski definition) is 10. The Morgan fingerprint density at radius 3 is 2.69 bits per heavy atom. The highest BCUT2D eigenvalue weighted by Gasteiger charge is 2.24. The summed E-state index contributed by atoms with van der Waals surface area (Å²) < 4.78 is 49.1. The van der Waals surface area contributed by atoms with Gasteiger partial charge in [0.1, 0.15) is 17.4 Å². The zero-order chi connectivity index (χ0) is 29.4. The fourth-order valence-electron chi connectivity index (χ4n) is 4.92. The summed E-state index contributed by atoms with van der Waals surface area (Å²) in [6, 6.07) is 5.49. The molecule has 1 saturated heterocycles. The second kappa shape index (κ2) is 11.5. The third-order valence-electron chi connectivity index (χ3n) is 7.13. The van der Waals surface area contributed by atoms with Crippen molar-refractivity contribution in [1.82, 2.24) is 39.3 Å². The van der Waals surface area contributed by atoms with E-state index in [0.717, 1.165) is 6.07 Å². The molecule has 0 aliphatic carbocycles. The number of rotatable bonds is 9. The summed E-state index contributed by atoms with van der Waals surface area (Å²) in [5, 5.41) is 6.93. The van der Waals surface area contributed by atoms with Gasteiger partial charge in [-0.3, -0.25) is 9.69 Å². The van der Waals surface area contributed by atoms with Gasteiger partial charge in [0.25, 0.3) is 5.91 Å². The molecule has 5 heterocycles. The highest BCUT2D eigenvalue weighted by atomic mass is 32.2. The summed E-state index contributed by atoms with van der Waals surface area (Å²) in [4.78, 5) is 30.0. The summed E-state index contributed by atoms with van der Waals surface area (Å²) in [6.45, 7) is 3.63. The Labute approximate surface area is 241 Å². The molecule has 4 aromatic heterocycles. The number of anilines is 2. The van der Waals surface area contributed by atoms with Crippen LogP contribution < -0.4 is 16.0 Å². The van der Waals surface area contributed by atoms with E-state index in [9.17, 15) is 18.1 Å². The Hall–Kier alpha value is -4.28. The number of imidazole rings is 1. The molecule has 0 bridgehead atoms. The summed E-state index contributed by atoms with van der Waals surface area (Å²) in [5.74, 6) is -1.01. The SMILES string of the molecule is C[S@+]([O-])CCNC(=O)c1cc(N2CCN(CCn3cnc4c3nc(N)n3nc(-c5ccco5)nc43)CC2)c(F)cc1F. The van der Waals surface area contributed by atoms with Crippen LogP contribution in [0.3, 0.4) is 0 Å². The second-order valence-corrected chi connectivity index (χ2v) is 11.4. The van der Waals surface area contributed by atoms with E-state index in [1.54, 1.807) is 29.6 Å². The van der Waals surface area contributed by atoms with Crippen molar-refractivity contribution < 1.29 is 22.5 Å². The number of piperazine rings is 1. The molecule has 1 aromatic carbocycles. The molecule has 16 heteroatoms. The summed E-state index contributed by atoms with van der Waals surface area (Å²) >= 11 is -1.09. The van der Waals surface area contributed by atoms with Crippen molar-refractivity contribution in [3.63, 3.8) is 0 Å². The average Bonchev–Trinajstić information content (AvgIpc) is 3.72. The lowest BCUT2D eigenvalue weighted by Gasteiger charge is -2.36. The summed E-state index contributed by atoms with van der Waals surface area (Å²) in [7, 11) is 0. The first-order chi connectivity index (χ1) is 20.3. The van der Waals surface area contributed by atoms with Gasteiger partial charge in [-0.25, -0.2) is 18.7 Å². The van der Waals surface area contributed by atoms with Gasteiger partial charge in [-0.1, -0.05) is 11.2 Å². The monoisotopic (exact) mass is 598 g/mol. The zero-order valence-electron chi connectivity index (χ0n) is 22.7. The number of benzene rings is 1. The highest BCUT2D eigenvalue weighted by Crippen LogP contribution is 2.26. The molecular weight excluding hydrogens is 570 g/mol. The van der Waals surface area contributed by atoms with Crippen molar-refractivity contribution in [1.29, 1.82) is 0 Å². The smallest absolute Gasteiger partial charge is 0.254 e. The number of nitrogens with two attached hydrogens (primary N) is 1. The van der Waals surface area contributed by atoms with Crippen molar-refractivity contribution >= 4 is 45.5 Å². The molecule has 3 N–H and O–H groups in total. The number of nitrogens with zero attached hydrogens (tertiary/aromatic N) is 8. The molecule has 220 valence electrons. The van der Waals surface area contributed by atoms with E-state index in [2.05, 4.69) is 30.3 Å². The number of carbonyl (C=O) groups is 1. The minimum absolute atomic E-state index is 0.136. The Morgan fingerprint density at radius 1 is 1.14 bits per heavy atom. The van der Waals surface area contributed by atoms with Crippen molar-refractivity contribution in [3.05, 3.63) is 54.1 Å². The van der Waals surface area contributed by atoms with Gasteiger partial charge in [-0.05, 0) is 18.2 Å². The van der Waals surface area contributed by atoms with Gasteiger partial charge in [-0.15, -0.1) is 5.10 Å². The first-order valence-corrected chi connectivity index (χ1v) is 15.0. The van der Waals surface area contributed by atoms with Crippen LogP contribution in [-0.4, -0.2) is 95.8 Å². The van der Waals surface area contributed by atoms with Crippen LogP contribution in [0.4, 0.5) is 20.4 Å². The topological polar surface area (TPSA) is 159 Å². The lowest BCUT2D eigenvalue weighted by atomic mass is 10.1. The van der Waals surface area contributed by atoms with Gasteiger partial charge in [0.05, 0.1) is 36.6 Å². The van der Waals surface area contributed by atoms with Gasteiger partial charge in [0.2, 0.25) is 11.8 Å². The number of halogens is 2. The predicted octanol–water partition coefficient (Wildman–Crippen LogP) is 1.52. The molecule has 1 fully saturated rings. The van der Waals surface area contributed by atoms with Crippen LogP contribution in [0.15, 0.2) is 41.3 Å². The first kappa shape index (κ1) is 27.9. The standard InChI is InChI=1S/C26H28F2N10O3S/c1-42(40)12-4-30-25(39)16-13-19(18(28)14-17(16)27)36-8-5-35(6-9-36)7-10-37-15-31-21-23(37)33-26(29)38-24(21)32-22(34-38)20-3-2-11-41-20/h2-3,11,13-15H,4-10,12H2,1H3,(H2,29,33)(H,30,39)/t42-/m0/s1. The summed E-state index contributed by atoms with van der Waals surface area (Å²) in [5.41, 5.74) is 7.74. The molecular formula is C26H28F2N10O3S. The lowest BCUT2D eigenvalue weighted by Crippen LogP contribution is -2.47. The molecule has 5 aromatic rings. The molecule has 1 aliphatic rings. The predicted molar refractivity (Wildman–Crippen MR) is 152 cm³/mol. The number of nitrogen functional groups attached to an aromatic ring is 1. The molecule has 0 unspecified atom stereocenters. The number of nitrogens with one attached hydrogen (secondary N) is 1. The Bertz CT molecular complexity index is 1730. The first-order valence-electron chi connectivity index (χ1n) is 13.2. The van der Waals surface area contributed by atoms with E-state index in [4.69, 9.17) is 10.2 Å². The van der Waals surface area contributed by atoms with Crippen LogP contribution in [-0.2, 0) is 17.7 Å². The van der Waals surface area contributed by atoms with E-state index in [-0.39, 0.29) is 29.5 Å². The number of fused-ring (bicyclic) bond motifs is 3. The maximum absolute atomic E-state index is 14.7. The number of hydrogen-bond donors (Lipinski definition) is 2. The summed E-state index contributed by atoms with van der Waals surface area (Å²) in [6.07, 6.45) is 4.74. The molecule has 6 rings (SSSR count). The Kier molecular flexibility index (Phi) is 7.66. The molecule has 0 spiro atoms. The van der Waals surface area contributed by atoms with Crippen molar-refractivity contribution in [2.75, 3.05) is 61.9 Å². The molecule has 1 amide bonds. The van der Waals surface area contributed by atoms with Gasteiger partial charge in [-0.2, -0.15) is 9.50 Å². The van der Waals surface area contributed by atoms with Crippen LogP contribution in [0.2, 0.25) is 0 Å². The van der Waals surface area contributed by atoms with E-state index >= 15 is 0 Å². The molecule has 13 nitrogen and oxygen atoms in total. The van der Waals surface area contributed by atoms with Crippen LogP contribution in [0.25, 0.3) is 28.4 Å². The van der Waals surface area contributed by atoms with Crippen LogP contribution in [0, 0.1) is 11.6 Å². The zero-order valence-corrected chi connectivity index (χ0v) is 23.5. The minimum atomic E-state index is -1.09. The van der Waals surface area contributed by atoms with Crippen LogP contribution >= 0.6 is 0 Å². The highest BCUT2D eigenvalue weighted by molar-refractivity contribution is 7.90. The minimum Gasteiger partial charge on any atom is -0.617 e. The number of furan rings is 1. The van der Waals surface area contributed by atoms with E-state index in [0.29, 0.717) is 67.7 Å². The van der Waals surface area contributed by atoms with Crippen molar-refractivity contribution in [2.24, 2.45) is 0 Å². The fraction of sp³-hybridized carbons (Fsp3) is 0.346. The average molecular weight is 599 g/mol. The van der Waals surface area contributed by atoms with E-state index in [1.807, 2.05) is 4.57 Å². The quantitative estimate of drug-likeness (QED) is 0.238. The lowest BCUT2D eigenvalue weighted by molar-refractivity contribution is 0.0952. The van der Waals surface area contributed by atoms with Crippen LogP contribution in [0.1, 0.15) is 10.4 Å². The largest absolute Gasteiger partial charge is 0.617 e. The number of aromatic nitrogens is 6.